The van der Waals surface area contributed by atoms with Crippen LogP contribution >= 0.6 is 11.6 Å². The molecule has 1 aliphatic carbocycles. The Bertz CT molecular complexity index is 1270. The molecular weight excluding hydrogens is 520 g/mol. The van der Waals surface area contributed by atoms with E-state index >= 15 is 0 Å². The quantitative estimate of drug-likeness (QED) is 0.212. The number of hydroxylamine groups is 1. The maximum Gasteiger partial charge on any atom is 0.265 e. The van der Waals surface area contributed by atoms with E-state index < -0.39 is 26.4 Å². The van der Waals surface area contributed by atoms with Crippen molar-refractivity contribution in [3.05, 3.63) is 59.1 Å². The van der Waals surface area contributed by atoms with E-state index in [0.29, 0.717) is 35.6 Å². The third-order valence-corrected chi connectivity index (χ3v) is 10.0. The van der Waals surface area contributed by atoms with E-state index in [-0.39, 0.29) is 49.1 Å². The van der Waals surface area contributed by atoms with Gasteiger partial charge in [0.25, 0.3) is 5.91 Å². The van der Waals surface area contributed by atoms with Gasteiger partial charge in [-0.15, -0.1) is 0 Å². The minimum atomic E-state index is -4.05. The number of halogens is 1. The van der Waals surface area contributed by atoms with Crippen LogP contribution < -0.4 is 10.2 Å². The molecule has 4 rings (SSSR count). The first-order valence-corrected chi connectivity index (χ1v) is 14.1. The number of rotatable bonds is 9. The van der Waals surface area contributed by atoms with Crippen LogP contribution in [0, 0.1) is 0 Å². The number of sulfone groups is 1. The lowest BCUT2D eigenvalue weighted by Crippen LogP contribution is -2.52. The van der Waals surface area contributed by atoms with Gasteiger partial charge < -0.3 is 4.74 Å². The van der Waals surface area contributed by atoms with Gasteiger partial charge in [0.15, 0.2) is 14.6 Å². The number of amides is 3. The Hall–Kier alpha value is -2.95. The van der Waals surface area contributed by atoms with Crippen LogP contribution in [0.25, 0.3) is 0 Å². The second kappa shape index (κ2) is 11.2. The predicted molar refractivity (Wildman–Crippen MR) is 135 cm³/mol. The summed E-state index contributed by atoms with van der Waals surface area (Å²) in [5.74, 6) is -1.62. The minimum absolute atomic E-state index is 0.0239. The van der Waals surface area contributed by atoms with Crippen LogP contribution in [-0.2, 0) is 24.2 Å². The summed E-state index contributed by atoms with van der Waals surface area (Å²) in [6.07, 6.45) is 2.75. The molecule has 0 aromatic heterocycles. The van der Waals surface area contributed by atoms with E-state index in [4.69, 9.17) is 16.3 Å². The zero-order chi connectivity index (χ0) is 26.6. The fourth-order valence-corrected chi connectivity index (χ4v) is 7.44. The second-order valence-electron chi connectivity index (χ2n) is 9.33. The maximum atomic E-state index is 13.3. The number of ether oxygens (including phenoxy) is 1. The summed E-state index contributed by atoms with van der Waals surface area (Å²) in [5, 5.41) is 9.64. The number of likely N-dealkylation sites (tertiary alicyclic amines) is 1. The summed E-state index contributed by atoms with van der Waals surface area (Å²) < 4.78 is 30.7. The smallest absolute Gasteiger partial charge is 0.265 e. The summed E-state index contributed by atoms with van der Waals surface area (Å²) >= 11 is 6.20. The van der Waals surface area contributed by atoms with Crippen molar-refractivity contribution in [3.8, 4) is 5.75 Å². The van der Waals surface area contributed by atoms with Crippen LogP contribution in [0.4, 0.5) is 0 Å². The molecule has 0 spiro atoms. The normalized spacial score (nSPS) is 19.6. The van der Waals surface area contributed by atoms with Gasteiger partial charge in [-0.3, -0.25) is 24.5 Å². The summed E-state index contributed by atoms with van der Waals surface area (Å²) in [4.78, 5) is 38.8. The summed E-state index contributed by atoms with van der Waals surface area (Å²) in [6, 6.07) is 12.8. The molecule has 2 aromatic rings. The number of hydrogen-bond donors (Lipinski definition) is 2. The summed E-state index contributed by atoms with van der Waals surface area (Å²) in [7, 11) is -4.05. The molecule has 1 unspecified atom stereocenters. The molecule has 3 amide bonds. The standard InChI is InChI=1S/C26H29ClN2O7S/c27-22-8-3-2-7-20(22)21-17-23(30)29(24(21)31)15-6-16-36-18-9-11-19(12-10-18)37(34,35)26(25(32)28-33)13-4-1-5-14-26/h2-3,7-12,21,33H,1,4-6,13-17H2,(H,28,32). The highest BCUT2D eigenvalue weighted by atomic mass is 35.5. The van der Waals surface area contributed by atoms with Crippen molar-refractivity contribution in [1.29, 1.82) is 0 Å². The lowest BCUT2D eigenvalue weighted by atomic mass is 9.88. The lowest BCUT2D eigenvalue weighted by Gasteiger charge is -2.34. The molecule has 37 heavy (non-hydrogen) atoms. The first-order chi connectivity index (χ1) is 17.7. The van der Waals surface area contributed by atoms with E-state index in [2.05, 4.69) is 0 Å². The lowest BCUT2D eigenvalue weighted by molar-refractivity contribution is -0.139. The monoisotopic (exact) mass is 548 g/mol. The molecule has 1 saturated carbocycles. The maximum absolute atomic E-state index is 13.3. The minimum Gasteiger partial charge on any atom is -0.494 e. The molecular formula is C26H29ClN2O7S. The molecule has 1 aliphatic heterocycles. The van der Waals surface area contributed by atoms with E-state index in [9.17, 15) is 28.0 Å². The van der Waals surface area contributed by atoms with Crippen molar-refractivity contribution >= 4 is 39.2 Å². The summed E-state index contributed by atoms with van der Waals surface area (Å²) in [6.45, 7) is 0.403. The van der Waals surface area contributed by atoms with E-state index in [1.807, 2.05) is 0 Å². The second-order valence-corrected chi connectivity index (χ2v) is 12.0. The Morgan fingerprint density at radius 2 is 1.76 bits per heavy atom. The van der Waals surface area contributed by atoms with E-state index in [1.54, 1.807) is 24.3 Å². The molecule has 1 atom stereocenters. The fraction of sp³-hybridized carbons (Fsp3) is 0.423. The zero-order valence-corrected chi connectivity index (χ0v) is 21.8. The van der Waals surface area contributed by atoms with Crippen molar-refractivity contribution in [2.24, 2.45) is 0 Å². The number of nitrogens with zero attached hydrogens (tertiary/aromatic N) is 1. The topological polar surface area (TPSA) is 130 Å². The van der Waals surface area contributed by atoms with Gasteiger partial charge in [-0.25, -0.2) is 13.9 Å². The van der Waals surface area contributed by atoms with Gasteiger partial charge in [0.2, 0.25) is 11.8 Å². The predicted octanol–water partition coefficient (Wildman–Crippen LogP) is 3.63. The Kier molecular flexibility index (Phi) is 8.20. The number of imide groups is 1. The highest BCUT2D eigenvalue weighted by molar-refractivity contribution is 7.93. The van der Waals surface area contributed by atoms with Gasteiger partial charge in [-0.05, 0) is 55.2 Å². The molecule has 2 fully saturated rings. The van der Waals surface area contributed by atoms with Crippen LogP contribution in [0.2, 0.25) is 5.02 Å². The van der Waals surface area contributed by atoms with Crippen LogP contribution in [0.1, 0.15) is 56.4 Å². The molecule has 2 N–H and O–H groups in total. The summed E-state index contributed by atoms with van der Waals surface area (Å²) in [5.41, 5.74) is 2.18. The van der Waals surface area contributed by atoms with Crippen LogP contribution in [0.3, 0.4) is 0 Å². The molecule has 198 valence electrons. The number of nitrogens with one attached hydrogen (secondary N) is 1. The average molecular weight is 549 g/mol. The fourth-order valence-electron chi connectivity index (χ4n) is 5.11. The molecule has 2 aliphatic rings. The Morgan fingerprint density at radius 1 is 1.08 bits per heavy atom. The number of carbonyl (C=O) groups is 3. The highest BCUT2D eigenvalue weighted by Crippen LogP contribution is 2.39. The van der Waals surface area contributed by atoms with Gasteiger partial charge in [-0.2, -0.15) is 0 Å². The highest BCUT2D eigenvalue weighted by Gasteiger charge is 2.51. The molecule has 9 nitrogen and oxygen atoms in total. The van der Waals surface area contributed by atoms with Crippen molar-refractivity contribution in [2.45, 2.75) is 60.5 Å². The third-order valence-electron chi connectivity index (χ3n) is 7.14. The van der Waals surface area contributed by atoms with Gasteiger partial charge in [0.05, 0.1) is 17.4 Å². The van der Waals surface area contributed by atoms with Gasteiger partial charge in [-0.1, -0.05) is 49.1 Å². The van der Waals surface area contributed by atoms with Crippen molar-refractivity contribution < 1.29 is 32.7 Å². The molecule has 1 saturated heterocycles. The largest absolute Gasteiger partial charge is 0.494 e. The van der Waals surface area contributed by atoms with Crippen LogP contribution in [-0.4, -0.2) is 54.1 Å². The van der Waals surface area contributed by atoms with Gasteiger partial charge in [0, 0.05) is 18.0 Å². The zero-order valence-electron chi connectivity index (χ0n) is 20.2. The average Bonchev–Trinajstić information content (AvgIpc) is 3.19. The Labute approximate surface area is 220 Å². The van der Waals surface area contributed by atoms with E-state index in [1.165, 1.54) is 34.6 Å². The first-order valence-electron chi connectivity index (χ1n) is 12.2. The van der Waals surface area contributed by atoms with Crippen LogP contribution in [0.15, 0.2) is 53.4 Å². The number of benzene rings is 2. The van der Waals surface area contributed by atoms with Crippen molar-refractivity contribution in [3.63, 3.8) is 0 Å². The number of carbonyl (C=O) groups excluding carboxylic acids is 3. The van der Waals surface area contributed by atoms with Gasteiger partial charge in [0.1, 0.15) is 5.75 Å². The number of hydrogen-bond acceptors (Lipinski definition) is 7. The van der Waals surface area contributed by atoms with E-state index in [0.717, 1.165) is 6.42 Å². The molecule has 0 bridgehead atoms. The van der Waals surface area contributed by atoms with Gasteiger partial charge >= 0.3 is 0 Å². The molecule has 11 heteroatoms. The Morgan fingerprint density at radius 3 is 2.41 bits per heavy atom. The molecule has 2 aromatic carbocycles. The van der Waals surface area contributed by atoms with Crippen LogP contribution in [0.5, 0.6) is 5.75 Å². The SMILES string of the molecule is O=C1CC(c2ccccc2Cl)C(=O)N1CCCOc1ccc(S(=O)(=O)C2(C(=O)NO)CCCCC2)cc1. The Balaban J connectivity index is 1.34. The van der Waals surface area contributed by atoms with Crippen molar-refractivity contribution in [2.75, 3.05) is 13.2 Å². The molecule has 1 heterocycles. The van der Waals surface area contributed by atoms with Crippen molar-refractivity contribution in [1.82, 2.24) is 10.4 Å². The first kappa shape index (κ1) is 27.1. The third kappa shape index (κ3) is 5.23. The molecule has 0 radical (unpaired) electrons.